The monoisotopic (exact) mass is 470 g/mol. The minimum Gasteiger partial charge on any atom is -0.482 e. The molecular formula is C21H20BrFN6O. The van der Waals surface area contributed by atoms with Crippen molar-refractivity contribution in [3.8, 4) is 17.0 Å². The molecule has 4 aromatic rings. The predicted octanol–water partition coefficient (Wildman–Crippen LogP) is 4.35. The van der Waals surface area contributed by atoms with Crippen LogP contribution in [0.25, 0.3) is 11.3 Å². The number of pyridine rings is 1. The maximum atomic E-state index is 14.2. The van der Waals surface area contributed by atoms with Gasteiger partial charge in [0.05, 0.1) is 24.8 Å². The third-order valence-electron chi connectivity index (χ3n) is 4.79. The summed E-state index contributed by atoms with van der Waals surface area (Å²) in [5.41, 5.74) is 9.34. The smallest absolute Gasteiger partial charge is 0.166 e. The molecule has 1 unspecified atom stereocenters. The summed E-state index contributed by atoms with van der Waals surface area (Å²) in [6.07, 6.45) is 8.29. The van der Waals surface area contributed by atoms with Crippen LogP contribution in [0.5, 0.6) is 5.75 Å². The number of anilines is 1. The number of halogens is 2. The fourth-order valence-electron chi connectivity index (χ4n) is 3.39. The Balaban J connectivity index is 1.74. The van der Waals surface area contributed by atoms with Crippen molar-refractivity contribution in [2.75, 3.05) is 5.73 Å². The fraction of sp³-hybridized carbons (Fsp3) is 0.190. The van der Waals surface area contributed by atoms with E-state index in [2.05, 4.69) is 31.0 Å². The van der Waals surface area contributed by atoms with Gasteiger partial charge in [0.15, 0.2) is 11.6 Å². The summed E-state index contributed by atoms with van der Waals surface area (Å²) in [5, 5.41) is 4.42. The van der Waals surface area contributed by atoms with E-state index in [-0.39, 0.29) is 11.6 Å². The molecule has 0 aliphatic heterocycles. The van der Waals surface area contributed by atoms with Crippen molar-refractivity contribution in [3.63, 3.8) is 0 Å². The summed E-state index contributed by atoms with van der Waals surface area (Å²) in [5.74, 6) is 0.350. The summed E-state index contributed by atoms with van der Waals surface area (Å²) >= 11 is 3.37. The Labute approximate surface area is 181 Å². The topological polar surface area (TPSA) is 83.8 Å². The SMILES string of the molecule is CC(Oc1cc(Br)cnc1N)c1cc(F)ccc1-c1c(Cn2ccnc2)cnn1C. The molecule has 1 aromatic carbocycles. The van der Waals surface area contributed by atoms with Gasteiger partial charge in [0.25, 0.3) is 0 Å². The first-order valence-corrected chi connectivity index (χ1v) is 10.1. The van der Waals surface area contributed by atoms with Crippen LogP contribution in [0, 0.1) is 5.82 Å². The molecule has 0 aliphatic carbocycles. The lowest BCUT2D eigenvalue weighted by Crippen LogP contribution is -2.09. The van der Waals surface area contributed by atoms with E-state index in [1.54, 1.807) is 35.5 Å². The third-order valence-corrected chi connectivity index (χ3v) is 5.22. The molecule has 9 heteroatoms. The van der Waals surface area contributed by atoms with Crippen molar-refractivity contribution >= 4 is 21.7 Å². The van der Waals surface area contributed by atoms with Crippen molar-refractivity contribution in [3.05, 3.63) is 76.8 Å². The number of hydrogen-bond acceptors (Lipinski definition) is 5. The summed E-state index contributed by atoms with van der Waals surface area (Å²) < 4.78 is 24.7. The van der Waals surface area contributed by atoms with Gasteiger partial charge >= 0.3 is 0 Å². The molecule has 0 aliphatic rings. The molecule has 0 saturated heterocycles. The van der Waals surface area contributed by atoms with Gasteiger partial charge in [-0.05, 0) is 47.1 Å². The van der Waals surface area contributed by atoms with Crippen LogP contribution in [-0.4, -0.2) is 24.3 Å². The van der Waals surface area contributed by atoms with E-state index in [0.29, 0.717) is 17.9 Å². The maximum Gasteiger partial charge on any atom is 0.166 e. The van der Waals surface area contributed by atoms with Crippen LogP contribution in [0.15, 0.2) is 59.9 Å². The zero-order valence-electron chi connectivity index (χ0n) is 16.5. The second kappa shape index (κ2) is 8.27. The number of ether oxygens (including phenoxy) is 1. The largest absolute Gasteiger partial charge is 0.482 e. The summed E-state index contributed by atoms with van der Waals surface area (Å²) in [6.45, 7) is 2.45. The summed E-state index contributed by atoms with van der Waals surface area (Å²) in [7, 11) is 1.86. The minimum atomic E-state index is -0.481. The molecule has 0 fully saturated rings. The number of nitrogens with two attached hydrogens (primary N) is 1. The van der Waals surface area contributed by atoms with Gasteiger partial charge in [0.1, 0.15) is 11.9 Å². The van der Waals surface area contributed by atoms with E-state index in [1.165, 1.54) is 12.1 Å². The van der Waals surface area contributed by atoms with E-state index < -0.39 is 6.10 Å². The number of nitrogen functional groups attached to an aromatic ring is 1. The number of aromatic nitrogens is 5. The van der Waals surface area contributed by atoms with E-state index >= 15 is 0 Å². The van der Waals surface area contributed by atoms with Crippen molar-refractivity contribution < 1.29 is 9.13 Å². The summed E-state index contributed by atoms with van der Waals surface area (Å²) in [4.78, 5) is 8.19. The van der Waals surface area contributed by atoms with Crippen molar-refractivity contribution in [2.24, 2.45) is 7.05 Å². The van der Waals surface area contributed by atoms with Crippen LogP contribution in [0.1, 0.15) is 24.2 Å². The minimum absolute atomic E-state index is 0.268. The molecule has 0 radical (unpaired) electrons. The molecule has 0 spiro atoms. The van der Waals surface area contributed by atoms with Gasteiger partial charge in [-0.1, -0.05) is 0 Å². The average molecular weight is 471 g/mol. The standard InChI is InChI=1S/C21H20BrFN6O/c1-13(30-19-7-15(22)10-26-21(19)24)18-8-16(23)3-4-17(18)20-14(9-27-28(20)2)11-29-6-5-25-12-29/h3-10,12-13H,11H2,1-2H3,(H2,24,26). The van der Waals surface area contributed by atoms with Gasteiger partial charge in [0.2, 0.25) is 0 Å². The van der Waals surface area contributed by atoms with Crippen molar-refractivity contribution in [1.29, 1.82) is 0 Å². The first-order chi connectivity index (χ1) is 14.4. The fourth-order valence-corrected chi connectivity index (χ4v) is 3.70. The number of imidazole rings is 1. The van der Waals surface area contributed by atoms with Gasteiger partial charge < -0.3 is 15.0 Å². The molecule has 154 valence electrons. The normalized spacial score (nSPS) is 12.1. The third kappa shape index (κ3) is 4.06. The van der Waals surface area contributed by atoms with Crippen LogP contribution in [0.4, 0.5) is 10.2 Å². The molecule has 3 heterocycles. The van der Waals surface area contributed by atoms with E-state index in [1.807, 2.05) is 30.9 Å². The Morgan fingerprint density at radius 2 is 2.10 bits per heavy atom. The van der Waals surface area contributed by atoms with Crippen LogP contribution in [0.2, 0.25) is 0 Å². The first-order valence-electron chi connectivity index (χ1n) is 9.26. The molecule has 7 nitrogen and oxygen atoms in total. The molecule has 0 saturated carbocycles. The summed E-state index contributed by atoms with van der Waals surface area (Å²) in [6, 6.07) is 6.41. The Bertz CT molecular complexity index is 1170. The number of benzene rings is 1. The lowest BCUT2D eigenvalue weighted by atomic mass is 9.97. The number of rotatable bonds is 6. The van der Waals surface area contributed by atoms with Gasteiger partial charge in [-0.25, -0.2) is 14.4 Å². The van der Waals surface area contributed by atoms with Crippen molar-refractivity contribution in [2.45, 2.75) is 19.6 Å². The van der Waals surface area contributed by atoms with E-state index in [9.17, 15) is 4.39 Å². The molecule has 3 aromatic heterocycles. The molecule has 0 amide bonds. The molecule has 1 atom stereocenters. The maximum absolute atomic E-state index is 14.2. The second-order valence-electron chi connectivity index (χ2n) is 6.91. The average Bonchev–Trinajstić information content (AvgIpc) is 3.35. The Morgan fingerprint density at radius 3 is 2.87 bits per heavy atom. The second-order valence-corrected chi connectivity index (χ2v) is 7.82. The van der Waals surface area contributed by atoms with Crippen molar-refractivity contribution in [1.82, 2.24) is 24.3 Å². The van der Waals surface area contributed by atoms with E-state index in [0.717, 1.165) is 21.3 Å². The zero-order chi connectivity index (χ0) is 21.3. The molecule has 2 N–H and O–H groups in total. The highest BCUT2D eigenvalue weighted by molar-refractivity contribution is 9.10. The molecule has 0 bridgehead atoms. The van der Waals surface area contributed by atoms with Crippen LogP contribution in [0.3, 0.4) is 0 Å². The zero-order valence-corrected chi connectivity index (χ0v) is 18.0. The first kappa shape index (κ1) is 20.1. The highest BCUT2D eigenvalue weighted by atomic mass is 79.9. The lowest BCUT2D eigenvalue weighted by Gasteiger charge is -2.20. The number of aryl methyl sites for hydroxylation is 1. The van der Waals surface area contributed by atoms with Crippen LogP contribution < -0.4 is 10.5 Å². The van der Waals surface area contributed by atoms with E-state index in [4.69, 9.17) is 10.5 Å². The Kier molecular flexibility index (Phi) is 5.54. The predicted molar refractivity (Wildman–Crippen MR) is 115 cm³/mol. The molecular weight excluding hydrogens is 451 g/mol. The van der Waals surface area contributed by atoms with Gasteiger partial charge in [0, 0.05) is 46.8 Å². The lowest BCUT2D eigenvalue weighted by molar-refractivity contribution is 0.227. The van der Waals surface area contributed by atoms with Crippen LogP contribution in [-0.2, 0) is 13.6 Å². The quantitative estimate of drug-likeness (QED) is 0.452. The molecule has 30 heavy (non-hydrogen) atoms. The molecule has 4 rings (SSSR count). The van der Waals surface area contributed by atoms with Gasteiger partial charge in [-0.3, -0.25) is 4.68 Å². The Morgan fingerprint density at radius 1 is 1.27 bits per heavy atom. The van der Waals surface area contributed by atoms with Gasteiger partial charge in [-0.2, -0.15) is 5.10 Å². The highest BCUT2D eigenvalue weighted by Gasteiger charge is 2.21. The Hall–Kier alpha value is -3.20. The van der Waals surface area contributed by atoms with Crippen LogP contribution >= 0.6 is 15.9 Å². The highest BCUT2D eigenvalue weighted by Crippen LogP contribution is 2.35. The van der Waals surface area contributed by atoms with Gasteiger partial charge in [-0.15, -0.1) is 0 Å². The number of nitrogens with zero attached hydrogens (tertiary/aromatic N) is 5. The number of hydrogen-bond donors (Lipinski definition) is 1.